The van der Waals surface area contributed by atoms with Gasteiger partial charge in [-0.05, 0) is 43.9 Å². The number of fused-ring (bicyclic) bond motifs is 5. The van der Waals surface area contributed by atoms with Crippen molar-refractivity contribution in [1.29, 1.82) is 0 Å². The number of rotatable bonds is 4. The Hall–Kier alpha value is -1.13. The van der Waals surface area contributed by atoms with E-state index in [2.05, 4.69) is 74.7 Å². The summed E-state index contributed by atoms with van der Waals surface area (Å²) in [5.74, 6) is 1.03. The Bertz CT molecular complexity index is 951. The number of hydrogen-bond acceptors (Lipinski definition) is 2. The molecular formula is C23H27HfNOS. The first-order valence-corrected chi connectivity index (χ1v) is 10.6. The molecule has 0 bridgehead atoms. The molecule has 2 heterocycles. The van der Waals surface area contributed by atoms with Crippen LogP contribution in [0.25, 0.3) is 20.8 Å². The summed E-state index contributed by atoms with van der Waals surface area (Å²) in [5.41, 5.74) is 3.57. The van der Waals surface area contributed by atoms with E-state index in [9.17, 15) is 0 Å². The van der Waals surface area contributed by atoms with Gasteiger partial charge in [0, 0.05) is 36.1 Å². The van der Waals surface area contributed by atoms with E-state index < -0.39 is 0 Å². The smallest absolute Gasteiger partial charge is 0.172 e. The molecule has 1 aliphatic heterocycles. The zero-order valence-electron chi connectivity index (χ0n) is 16.6. The van der Waals surface area contributed by atoms with Crippen molar-refractivity contribution in [2.45, 2.75) is 59.0 Å². The van der Waals surface area contributed by atoms with E-state index in [0.717, 1.165) is 31.4 Å². The standard InChI is InChI=1S/C23H27NOS.Hf/c1-5-10-16-13-14-17-19(15-16)25-23(4,7-3)21(6-2)24-18-11-8-9-12-20(18)26-22(17)24;/h8-9,11-15H,5-7,10H2,1-4H3;. The van der Waals surface area contributed by atoms with E-state index in [1.807, 2.05) is 11.3 Å². The van der Waals surface area contributed by atoms with Crippen LogP contribution in [0.3, 0.4) is 0 Å². The topological polar surface area (TPSA) is 13.1 Å². The number of hydrogen-bond donors (Lipinski definition) is 0. The maximum atomic E-state index is 6.72. The van der Waals surface area contributed by atoms with Crippen molar-refractivity contribution in [3.63, 3.8) is 0 Å². The third kappa shape index (κ3) is 3.40. The summed E-state index contributed by atoms with van der Waals surface area (Å²) in [6, 6.07) is 16.9. The van der Waals surface area contributed by atoms with Gasteiger partial charge in [0.25, 0.3) is 0 Å². The van der Waals surface area contributed by atoms with Crippen LogP contribution in [-0.4, -0.2) is 5.60 Å². The average Bonchev–Trinajstić information content (AvgIpc) is 2.97. The van der Waals surface area contributed by atoms with Crippen molar-refractivity contribution in [2.75, 3.05) is 0 Å². The molecule has 0 saturated carbocycles. The molecule has 4 heteroatoms. The number of ether oxygens (including phenoxy) is 1. The van der Waals surface area contributed by atoms with Gasteiger partial charge in [0.1, 0.15) is 22.9 Å². The average molecular weight is 544 g/mol. The minimum atomic E-state index is -0.298. The summed E-state index contributed by atoms with van der Waals surface area (Å²) < 4.78 is 10.5. The van der Waals surface area contributed by atoms with E-state index in [4.69, 9.17) is 4.74 Å². The van der Waals surface area contributed by atoms with Crippen LogP contribution < -0.4 is 9.30 Å². The van der Waals surface area contributed by atoms with Crippen molar-refractivity contribution >= 4 is 21.6 Å². The number of aromatic nitrogens is 1. The first-order chi connectivity index (χ1) is 12.6. The molecule has 0 fully saturated rings. The van der Waals surface area contributed by atoms with Crippen LogP contribution in [-0.2, 0) is 32.3 Å². The fraction of sp³-hybridized carbons (Fsp3) is 0.391. The minimum Gasteiger partial charge on any atom is -0.490 e. The van der Waals surface area contributed by atoms with Gasteiger partial charge in [-0.25, -0.2) is 0 Å². The monoisotopic (exact) mass is 545 g/mol. The molecule has 0 radical (unpaired) electrons. The van der Waals surface area contributed by atoms with Crippen molar-refractivity contribution in [3.05, 3.63) is 54.1 Å². The van der Waals surface area contributed by atoms with Crippen LogP contribution in [0.2, 0.25) is 0 Å². The molecule has 3 aromatic rings. The molecule has 0 saturated heterocycles. The van der Waals surface area contributed by atoms with Gasteiger partial charge in [-0.1, -0.05) is 57.5 Å². The Kier molecular flexibility index (Phi) is 6.17. The molecule has 0 spiro atoms. The van der Waals surface area contributed by atoms with Crippen molar-refractivity contribution in [1.82, 2.24) is 0 Å². The molecular weight excluding hydrogens is 517 g/mol. The summed E-state index contributed by atoms with van der Waals surface area (Å²) in [6.45, 7) is 8.95. The largest absolute Gasteiger partial charge is 0.490 e. The van der Waals surface area contributed by atoms with Gasteiger partial charge in [-0.2, -0.15) is 0 Å². The maximum Gasteiger partial charge on any atom is 0.172 e. The summed E-state index contributed by atoms with van der Waals surface area (Å²) >= 11 is 1.87. The number of thiazole rings is 1. The Morgan fingerprint density at radius 1 is 1.11 bits per heavy atom. The van der Waals surface area contributed by atoms with Crippen molar-refractivity contribution in [3.8, 4) is 16.3 Å². The molecule has 1 aromatic heterocycles. The van der Waals surface area contributed by atoms with E-state index in [1.165, 1.54) is 32.4 Å². The molecule has 1 aliphatic rings. The predicted molar refractivity (Wildman–Crippen MR) is 110 cm³/mol. The molecule has 2 aromatic carbocycles. The molecule has 1 atom stereocenters. The van der Waals surface area contributed by atoms with E-state index in [0.29, 0.717) is 0 Å². The minimum absolute atomic E-state index is 0. The molecule has 0 N–H and O–H groups in total. The van der Waals surface area contributed by atoms with Crippen LogP contribution in [0.15, 0.2) is 42.5 Å². The fourth-order valence-corrected chi connectivity index (χ4v) is 5.25. The Morgan fingerprint density at radius 2 is 1.89 bits per heavy atom. The normalized spacial score (nSPS) is 18.3. The van der Waals surface area contributed by atoms with E-state index in [1.54, 1.807) is 0 Å². The fourth-order valence-electron chi connectivity index (χ4n) is 4.05. The molecule has 0 amide bonds. The van der Waals surface area contributed by atoms with Gasteiger partial charge in [-0.15, -0.1) is 11.3 Å². The summed E-state index contributed by atoms with van der Waals surface area (Å²) in [6.07, 6.45) is 4.16. The molecule has 2 nitrogen and oxygen atoms in total. The quantitative estimate of drug-likeness (QED) is 0.218. The summed E-state index contributed by atoms with van der Waals surface area (Å²) in [7, 11) is 0. The first kappa shape index (κ1) is 20.6. The van der Waals surface area contributed by atoms with Gasteiger partial charge in [-0.3, -0.25) is 0 Å². The second-order valence-corrected chi connectivity index (χ2v) is 8.31. The van der Waals surface area contributed by atoms with Crippen LogP contribution in [0, 0.1) is 6.04 Å². The predicted octanol–water partition coefficient (Wildman–Crippen LogP) is 6.16. The molecule has 1 unspecified atom stereocenters. The number of para-hydroxylation sites is 1. The summed E-state index contributed by atoms with van der Waals surface area (Å²) in [5, 5.41) is 1.29. The van der Waals surface area contributed by atoms with Crippen LogP contribution >= 0.6 is 11.3 Å². The third-order valence-corrected chi connectivity index (χ3v) is 6.72. The number of nitrogens with zero attached hydrogens (tertiary/aromatic N) is 1. The Labute approximate surface area is 185 Å². The van der Waals surface area contributed by atoms with Gasteiger partial charge in [0.05, 0.1) is 0 Å². The molecule has 140 valence electrons. The van der Waals surface area contributed by atoms with Crippen molar-refractivity contribution in [2.24, 2.45) is 0 Å². The van der Waals surface area contributed by atoms with Crippen LogP contribution in [0.4, 0.5) is 0 Å². The van der Waals surface area contributed by atoms with Crippen molar-refractivity contribution < 1.29 is 35.1 Å². The molecule has 0 aliphatic carbocycles. The van der Waals surface area contributed by atoms with Gasteiger partial charge in [0.2, 0.25) is 0 Å². The zero-order valence-corrected chi connectivity index (χ0v) is 21.0. The van der Waals surface area contributed by atoms with Gasteiger partial charge >= 0.3 is 0 Å². The summed E-state index contributed by atoms with van der Waals surface area (Å²) in [4.78, 5) is 0. The van der Waals surface area contributed by atoms with Crippen LogP contribution in [0.1, 0.15) is 52.5 Å². The van der Waals surface area contributed by atoms with Gasteiger partial charge < -0.3 is 9.30 Å². The second-order valence-electron chi connectivity index (χ2n) is 7.28. The Balaban J connectivity index is 0.00000210. The SMILES string of the molecule is CCCc1ccc2c(c1)OC(C)(CC)[C-](CC)[n+]1c-2sc2ccccc21.[Hf]. The first-order valence-electron chi connectivity index (χ1n) is 9.73. The zero-order chi connectivity index (χ0) is 18.3. The Morgan fingerprint density at radius 3 is 2.59 bits per heavy atom. The van der Waals surface area contributed by atoms with E-state index >= 15 is 0 Å². The van der Waals surface area contributed by atoms with E-state index in [-0.39, 0.29) is 31.4 Å². The molecule has 4 rings (SSSR count). The van der Waals surface area contributed by atoms with Gasteiger partial charge in [0.15, 0.2) is 5.01 Å². The molecule has 27 heavy (non-hydrogen) atoms. The third-order valence-electron chi connectivity index (χ3n) is 5.56. The number of benzene rings is 2. The second kappa shape index (κ2) is 8.08. The number of aryl methyl sites for hydroxylation is 1. The maximum absolute atomic E-state index is 6.72. The van der Waals surface area contributed by atoms with Crippen LogP contribution in [0.5, 0.6) is 5.75 Å².